The summed E-state index contributed by atoms with van der Waals surface area (Å²) in [5.41, 5.74) is 2.38. The van der Waals surface area contributed by atoms with Crippen LogP contribution < -0.4 is 20.9 Å². The molecule has 228 valence electrons. The van der Waals surface area contributed by atoms with Crippen molar-refractivity contribution < 1.29 is 17.4 Å². The van der Waals surface area contributed by atoms with Gasteiger partial charge in [0.1, 0.15) is 0 Å². The van der Waals surface area contributed by atoms with Crippen LogP contribution in [0.2, 0.25) is 0 Å². The zero-order valence-electron chi connectivity index (χ0n) is 26.7. The minimum atomic E-state index is -2.36. The zero-order chi connectivity index (χ0) is 30.1. The minimum Gasteiger partial charge on any atom is -0.147 e. The van der Waals surface area contributed by atoms with Gasteiger partial charge in [0, 0.05) is 0 Å². The van der Waals surface area contributed by atoms with Crippen LogP contribution in [0.4, 0.5) is 0 Å². The van der Waals surface area contributed by atoms with E-state index in [0.717, 1.165) is 0 Å². The van der Waals surface area contributed by atoms with Crippen molar-refractivity contribution in [3.8, 4) is 0 Å². The standard InChI is InChI=1S/2C20H15.C3H6.2ClH.Ti/c2*1-20(13-16-8-2-3-9-17(16)14-20)19-12-6-10-15-7-4-5-11-18(15)19;1-3-2;;;/h2*2-13H,1H3;1-2H3;2*1H;. The number of fused-ring (bicyclic) bond motifs is 4. The SMILES string of the molecule is C[C](C)=[Ti]([C]1=c2ccccc2=CC1(C)c1cccc2ccccc12)[C]1=c2ccccc2=CC1(C)c1cccc2ccccc12.Cl.Cl. The Morgan fingerprint density at radius 1 is 0.457 bits per heavy atom. The summed E-state index contributed by atoms with van der Waals surface area (Å²) in [6.45, 7) is 9.84. The maximum absolute atomic E-state index is 2.58. The van der Waals surface area contributed by atoms with Gasteiger partial charge in [-0.3, -0.25) is 0 Å². The second kappa shape index (κ2) is 12.3. The van der Waals surface area contributed by atoms with Gasteiger partial charge in [-0.2, -0.15) is 0 Å². The van der Waals surface area contributed by atoms with Crippen LogP contribution in [0, 0.1) is 0 Å². The Hall–Kier alpha value is -3.52. The molecule has 6 aromatic rings. The van der Waals surface area contributed by atoms with Crippen LogP contribution in [0.15, 0.2) is 133 Å². The van der Waals surface area contributed by atoms with Crippen LogP contribution in [0.5, 0.6) is 0 Å². The molecule has 0 aromatic heterocycles. The summed E-state index contributed by atoms with van der Waals surface area (Å²) < 4.78 is 4.88. The Labute approximate surface area is 289 Å². The topological polar surface area (TPSA) is 0 Å². The maximum Gasteiger partial charge on any atom is -0.147 e. The number of halogens is 2. The third kappa shape index (κ3) is 4.82. The molecule has 0 bridgehead atoms. The van der Waals surface area contributed by atoms with E-state index < -0.39 is 17.4 Å². The Bertz CT molecular complexity index is 2270. The predicted molar refractivity (Wildman–Crippen MR) is 201 cm³/mol. The van der Waals surface area contributed by atoms with Gasteiger partial charge in [0.05, 0.1) is 0 Å². The molecule has 0 amide bonds. The molecule has 2 atom stereocenters. The number of hydrogen-bond acceptors (Lipinski definition) is 0. The second-order valence-electron chi connectivity index (χ2n) is 13.0. The number of rotatable bonds is 4. The van der Waals surface area contributed by atoms with E-state index in [0.29, 0.717) is 0 Å². The zero-order valence-corrected chi connectivity index (χ0v) is 29.9. The summed E-state index contributed by atoms with van der Waals surface area (Å²) in [6.07, 6.45) is 5.16. The minimum absolute atomic E-state index is 0. The molecular formula is C43H38Cl2Ti. The van der Waals surface area contributed by atoms with Crippen LogP contribution in [0.3, 0.4) is 0 Å². The summed E-state index contributed by atoms with van der Waals surface area (Å²) >= 11 is -2.36. The first-order chi connectivity index (χ1) is 21.4. The molecule has 2 aliphatic carbocycles. The molecule has 0 saturated heterocycles. The Morgan fingerprint density at radius 2 is 0.826 bits per heavy atom. The third-order valence-corrected chi connectivity index (χ3v) is 15.7. The van der Waals surface area contributed by atoms with Crippen LogP contribution in [0.25, 0.3) is 41.5 Å². The predicted octanol–water partition coefficient (Wildman–Crippen LogP) is 8.09. The van der Waals surface area contributed by atoms with E-state index in [4.69, 9.17) is 0 Å². The van der Waals surface area contributed by atoms with Gasteiger partial charge in [-0.1, -0.05) is 0 Å². The van der Waals surface area contributed by atoms with Gasteiger partial charge >= 0.3 is 267 Å². The van der Waals surface area contributed by atoms with E-state index in [-0.39, 0.29) is 35.6 Å². The van der Waals surface area contributed by atoms with Crippen molar-refractivity contribution in [3.05, 3.63) is 165 Å². The van der Waals surface area contributed by atoms with Crippen molar-refractivity contribution in [2.24, 2.45) is 0 Å². The van der Waals surface area contributed by atoms with E-state index in [1.807, 2.05) is 0 Å². The molecule has 6 aromatic carbocycles. The summed E-state index contributed by atoms with van der Waals surface area (Å²) in [5, 5.41) is 10.9. The van der Waals surface area contributed by atoms with E-state index in [2.05, 4.69) is 173 Å². The first-order valence-electron chi connectivity index (χ1n) is 15.7. The summed E-state index contributed by atoms with van der Waals surface area (Å²) in [5.74, 6) is 0. The molecule has 3 heteroatoms. The van der Waals surface area contributed by atoms with Gasteiger partial charge in [-0.15, -0.1) is 24.8 Å². The summed E-state index contributed by atoms with van der Waals surface area (Å²) in [7, 11) is 0. The fraction of sp³-hybridized carbons (Fsp3) is 0.140. The molecule has 46 heavy (non-hydrogen) atoms. The van der Waals surface area contributed by atoms with Gasteiger partial charge in [-0.05, 0) is 0 Å². The summed E-state index contributed by atoms with van der Waals surface area (Å²) in [4.78, 5) is 0. The number of benzene rings is 6. The molecule has 0 aliphatic heterocycles. The monoisotopic (exact) mass is 672 g/mol. The first-order valence-corrected chi connectivity index (χ1v) is 18.0. The molecule has 0 nitrogen and oxygen atoms in total. The van der Waals surface area contributed by atoms with Crippen molar-refractivity contribution in [1.82, 2.24) is 0 Å². The Balaban J connectivity index is 0.00000186. The molecule has 8 rings (SSSR count). The van der Waals surface area contributed by atoms with E-state index in [1.54, 1.807) is 11.6 Å². The van der Waals surface area contributed by atoms with Crippen molar-refractivity contribution in [2.45, 2.75) is 38.5 Å². The van der Waals surface area contributed by atoms with Gasteiger partial charge < -0.3 is 0 Å². The Morgan fingerprint density at radius 3 is 1.26 bits per heavy atom. The van der Waals surface area contributed by atoms with Crippen LogP contribution in [0.1, 0.15) is 38.8 Å². The maximum atomic E-state index is 2.58. The smallest absolute Gasteiger partial charge is 0.147 e. The molecular weight excluding hydrogens is 635 g/mol. The van der Waals surface area contributed by atoms with Crippen molar-refractivity contribution in [1.29, 1.82) is 0 Å². The molecule has 0 fully saturated rings. The van der Waals surface area contributed by atoms with Gasteiger partial charge in [0.25, 0.3) is 0 Å². The van der Waals surface area contributed by atoms with E-state index in [1.165, 1.54) is 53.5 Å². The van der Waals surface area contributed by atoms with Crippen LogP contribution in [-0.2, 0) is 28.2 Å². The molecule has 2 unspecified atom stereocenters. The fourth-order valence-electron chi connectivity index (χ4n) is 8.22. The van der Waals surface area contributed by atoms with Crippen molar-refractivity contribution >= 4 is 70.1 Å². The average molecular weight is 674 g/mol. The molecule has 2 aliphatic rings. The molecule has 0 N–H and O–H groups in total. The Kier molecular flexibility index (Phi) is 8.64. The summed E-state index contributed by atoms with van der Waals surface area (Å²) in [6, 6.07) is 50.0. The molecule has 0 heterocycles. The molecule has 0 radical (unpaired) electrons. The third-order valence-electron chi connectivity index (χ3n) is 10.1. The average Bonchev–Trinajstić information content (AvgIpc) is 3.52. The van der Waals surface area contributed by atoms with Crippen molar-refractivity contribution in [3.63, 3.8) is 0 Å². The van der Waals surface area contributed by atoms with Gasteiger partial charge in [0.15, 0.2) is 0 Å². The number of hydrogen-bond donors (Lipinski definition) is 0. The fourth-order valence-corrected chi connectivity index (χ4v) is 14.0. The van der Waals surface area contributed by atoms with Crippen molar-refractivity contribution in [2.75, 3.05) is 0 Å². The van der Waals surface area contributed by atoms with Crippen LogP contribution in [-0.4, -0.2) is 3.81 Å². The quantitative estimate of drug-likeness (QED) is 0.166. The molecule has 0 saturated carbocycles. The largest absolute Gasteiger partial charge is 0.147 e. The molecule has 0 spiro atoms. The van der Waals surface area contributed by atoms with Crippen LogP contribution >= 0.6 is 24.8 Å². The van der Waals surface area contributed by atoms with Gasteiger partial charge in [0.2, 0.25) is 0 Å². The first kappa shape index (κ1) is 32.4. The van der Waals surface area contributed by atoms with Gasteiger partial charge in [-0.25, -0.2) is 0 Å². The normalized spacial score (nSPS) is 19.4. The van der Waals surface area contributed by atoms with E-state index >= 15 is 0 Å². The second-order valence-corrected chi connectivity index (χ2v) is 17.3. The van der Waals surface area contributed by atoms with E-state index in [9.17, 15) is 0 Å².